The second-order valence-corrected chi connectivity index (χ2v) is 7.99. The molecule has 4 heteroatoms. The van der Waals surface area contributed by atoms with Crippen LogP contribution in [0.4, 0.5) is 0 Å². The first-order valence-corrected chi connectivity index (χ1v) is 9.11. The maximum Gasteiger partial charge on any atom is 0.221 e. The molecule has 0 spiro atoms. The molecule has 0 aromatic carbocycles. The first-order chi connectivity index (χ1) is 10.1. The Morgan fingerprint density at radius 2 is 1.86 bits per heavy atom. The molecule has 118 valence electrons. The number of hydrogen-bond acceptors (Lipinski definition) is 2. The smallest absolute Gasteiger partial charge is 0.221 e. The number of thiocarbonyl (C=S) groups is 1. The molecule has 0 aromatic heterocycles. The van der Waals surface area contributed by atoms with Crippen molar-refractivity contribution in [3.63, 3.8) is 0 Å². The lowest BCUT2D eigenvalue weighted by Crippen LogP contribution is -2.56. The summed E-state index contributed by atoms with van der Waals surface area (Å²) in [5.74, 6) is 2.49. The van der Waals surface area contributed by atoms with Gasteiger partial charge in [0.1, 0.15) is 0 Å². The molecule has 0 heterocycles. The Morgan fingerprint density at radius 3 is 2.38 bits per heavy atom. The van der Waals surface area contributed by atoms with Crippen LogP contribution < -0.4 is 11.1 Å². The second-order valence-electron chi connectivity index (χ2n) is 7.55. The minimum Gasteiger partial charge on any atom is -0.391 e. The normalized spacial score (nSPS) is 34.4. The third kappa shape index (κ3) is 3.25. The van der Waals surface area contributed by atoms with Gasteiger partial charge in [-0.2, -0.15) is 0 Å². The third-order valence-electron chi connectivity index (χ3n) is 6.14. The van der Waals surface area contributed by atoms with Crippen LogP contribution >= 0.6 is 12.2 Å². The van der Waals surface area contributed by atoms with Gasteiger partial charge < -0.3 is 11.1 Å². The van der Waals surface area contributed by atoms with Crippen molar-refractivity contribution in [2.75, 3.05) is 0 Å². The van der Waals surface area contributed by atoms with Gasteiger partial charge in [-0.3, -0.25) is 4.79 Å². The molecule has 1 amide bonds. The summed E-state index contributed by atoms with van der Waals surface area (Å²) in [6.45, 7) is 0. The van der Waals surface area contributed by atoms with E-state index in [1.165, 1.54) is 38.5 Å². The number of hydrogen-bond donors (Lipinski definition) is 2. The predicted molar refractivity (Wildman–Crippen MR) is 88.9 cm³/mol. The number of amides is 1. The topological polar surface area (TPSA) is 55.1 Å². The van der Waals surface area contributed by atoms with E-state index in [0.717, 1.165) is 37.5 Å². The molecule has 3 fully saturated rings. The zero-order valence-electron chi connectivity index (χ0n) is 12.9. The van der Waals surface area contributed by atoms with Crippen molar-refractivity contribution in [2.45, 2.75) is 76.2 Å². The SMILES string of the molecule is NC(=S)C1(NC(=O)CC2CC3CCC2C3)CCCCCC1. The van der Waals surface area contributed by atoms with Crippen molar-refractivity contribution in [1.29, 1.82) is 0 Å². The summed E-state index contributed by atoms with van der Waals surface area (Å²) in [4.78, 5) is 13.0. The monoisotopic (exact) mass is 308 g/mol. The molecule has 3 nitrogen and oxygen atoms in total. The average molecular weight is 308 g/mol. The Kier molecular flexibility index (Phi) is 4.53. The Labute approximate surface area is 133 Å². The molecule has 21 heavy (non-hydrogen) atoms. The molecule has 0 aliphatic heterocycles. The minimum absolute atomic E-state index is 0.183. The van der Waals surface area contributed by atoms with Crippen molar-refractivity contribution in [3.05, 3.63) is 0 Å². The lowest BCUT2D eigenvalue weighted by Gasteiger charge is -2.34. The fraction of sp³-hybridized carbons (Fsp3) is 0.882. The van der Waals surface area contributed by atoms with Gasteiger partial charge in [-0.1, -0.05) is 44.3 Å². The van der Waals surface area contributed by atoms with E-state index < -0.39 is 5.54 Å². The lowest BCUT2D eigenvalue weighted by molar-refractivity contribution is -0.123. The van der Waals surface area contributed by atoms with Crippen LogP contribution in [0.3, 0.4) is 0 Å². The number of rotatable bonds is 4. The van der Waals surface area contributed by atoms with E-state index in [1.54, 1.807) is 0 Å². The van der Waals surface area contributed by atoms with E-state index in [0.29, 0.717) is 17.3 Å². The Hall–Kier alpha value is -0.640. The summed E-state index contributed by atoms with van der Waals surface area (Å²) in [7, 11) is 0. The van der Waals surface area contributed by atoms with Crippen LogP contribution in [0.15, 0.2) is 0 Å². The molecule has 3 unspecified atom stereocenters. The number of nitrogens with two attached hydrogens (primary N) is 1. The highest BCUT2D eigenvalue weighted by Crippen LogP contribution is 2.49. The van der Waals surface area contributed by atoms with Crippen molar-refractivity contribution in [1.82, 2.24) is 5.32 Å². The zero-order chi connectivity index (χ0) is 14.9. The van der Waals surface area contributed by atoms with Crippen LogP contribution in [0, 0.1) is 17.8 Å². The number of carbonyl (C=O) groups is 1. The highest BCUT2D eigenvalue weighted by atomic mass is 32.1. The molecule has 2 bridgehead atoms. The summed E-state index contributed by atoms with van der Waals surface area (Å²) >= 11 is 5.31. The van der Waals surface area contributed by atoms with Crippen molar-refractivity contribution < 1.29 is 4.79 Å². The molecule has 0 saturated heterocycles. The van der Waals surface area contributed by atoms with Crippen molar-refractivity contribution >= 4 is 23.1 Å². The summed E-state index contributed by atoms with van der Waals surface area (Å²) in [6, 6.07) is 0. The Balaban J connectivity index is 1.60. The summed E-state index contributed by atoms with van der Waals surface area (Å²) in [5, 5.41) is 3.25. The van der Waals surface area contributed by atoms with Gasteiger partial charge in [0.15, 0.2) is 0 Å². The maximum absolute atomic E-state index is 12.5. The molecule has 0 aromatic rings. The fourth-order valence-corrected chi connectivity index (χ4v) is 5.20. The van der Waals surface area contributed by atoms with Gasteiger partial charge in [-0.05, 0) is 49.9 Å². The van der Waals surface area contributed by atoms with Gasteiger partial charge in [-0.15, -0.1) is 0 Å². The summed E-state index contributed by atoms with van der Waals surface area (Å²) < 4.78 is 0. The van der Waals surface area contributed by atoms with Gasteiger partial charge in [0.25, 0.3) is 0 Å². The van der Waals surface area contributed by atoms with Gasteiger partial charge >= 0.3 is 0 Å². The van der Waals surface area contributed by atoms with Gasteiger partial charge in [0.05, 0.1) is 10.5 Å². The molecule has 3 aliphatic rings. The van der Waals surface area contributed by atoms with E-state index >= 15 is 0 Å². The molecule has 3 aliphatic carbocycles. The number of carbonyl (C=O) groups excluding carboxylic acids is 1. The van der Waals surface area contributed by atoms with Gasteiger partial charge in [0.2, 0.25) is 5.91 Å². The molecule has 0 radical (unpaired) electrons. The third-order valence-corrected chi connectivity index (χ3v) is 6.53. The fourth-order valence-electron chi connectivity index (χ4n) is 4.95. The molecule has 3 saturated carbocycles. The van der Waals surface area contributed by atoms with Crippen molar-refractivity contribution in [3.8, 4) is 0 Å². The number of nitrogens with one attached hydrogen (secondary N) is 1. The van der Waals surface area contributed by atoms with Crippen molar-refractivity contribution in [2.24, 2.45) is 23.5 Å². The van der Waals surface area contributed by atoms with Crippen LogP contribution in [0.2, 0.25) is 0 Å². The van der Waals surface area contributed by atoms with E-state index in [4.69, 9.17) is 18.0 Å². The summed E-state index contributed by atoms with van der Waals surface area (Å²) in [5.41, 5.74) is 5.60. The first kappa shape index (κ1) is 15.3. The Morgan fingerprint density at radius 1 is 1.14 bits per heavy atom. The maximum atomic E-state index is 12.5. The largest absolute Gasteiger partial charge is 0.391 e. The zero-order valence-corrected chi connectivity index (χ0v) is 13.7. The second kappa shape index (κ2) is 6.23. The standard InChI is InChI=1S/C17H28N2OS/c18-16(21)17(7-3-1-2-4-8-17)19-15(20)11-14-10-12-5-6-13(14)9-12/h12-14H,1-11H2,(H2,18,21)(H,19,20). The average Bonchev–Trinajstić information content (AvgIpc) is 2.96. The van der Waals surface area contributed by atoms with Gasteiger partial charge in [-0.25, -0.2) is 0 Å². The Bertz CT molecular complexity index is 415. The molecular weight excluding hydrogens is 280 g/mol. The van der Waals surface area contributed by atoms with E-state index in [2.05, 4.69) is 5.32 Å². The summed E-state index contributed by atoms with van der Waals surface area (Å²) in [6.07, 6.45) is 12.6. The lowest BCUT2D eigenvalue weighted by atomic mass is 9.85. The first-order valence-electron chi connectivity index (χ1n) is 8.70. The highest BCUT2D eigenvalue weighted by molar-refractivity contribution is 7.80. The number of fused-ring (bicyclic) bond motifs is 2. The van der Waals surface area contributed by atoms with E-state index in [9.17, 15) is 4.79 Å². The highest BCUT2D eigenvalue weighted by Gasteiger charge is 2.41. The van der Waals surface area contributed by atoms with E-state index in [-0.39, 0.29) is 5.91 Å². The van der Waals surface area contributed by atoms with E-state index in [1.807, 2.05) is 0 Å². The van der Waals surface area contributed by atoms with Crippen LogP contribution in [0.25, 0.3) is 0 Å². The quantitative estimate of drug-likeness (QED) is 0.619. The molecule has 3 N–H and O–H groups in total. The van der Waals surface area contributed by atoms with Crippen LogP contribution in [0.1, 0.15) is 70.6 Å². The predicted octanol–water partition coefficient (Wildman–Crippen LogP) is 3.31. The minimum atomic E-state index is -0.402. The van der Waals surface area contributed by atoms with Crippen LogP contribution in [-0.2, 0) is 4.79 Å². The molecule has 3 rings (SSSR count). The van der Waals surface area contributed by atoms with Gasteiger partial charge in [0, 0.05) is 6.42 Å². The molecular formula is C17H28N2OS. The van der Waals surface area contributed by atoms with Crippen LogP contribution in [-0.4, -0.2) is 16.4 Å². The van der Waals surface area contributed by atoms with Crippen LogP contribution in [0.5, 0.6) is 0 Å². The molecule has 3 atom stereocenters.